The Labute approximate surface area is 129 Å². The van der Waals surface area contributed by atoms with E-state index in [4.69, 9.17) is 0 Å². The highest BCUT2D eigenvalue weighted by Crippen LogP contribution is 2.24. The Balaban J connectivity index is 1.73. The Kier molecular flexibility index (Phi) is 4.51. The molecule has 3 rings (SSSR count). The molecule has 0 spiro atoms. The molecule has 3 heteroatoms. The van der Waals surface area contributed by atoms with Crippen LogP contribution in [-0.2, 0) is 10.8 Å². The van der Waals surface area contributed by atoms with Gasteiger partial charge in [0.1, 0.15) is 0 Å². The fourth-order valence-corrected chi connectivity index (χ4v) is 4.23. The fraction of sp³-hybridized carbons (Fsp3) is 0.333. The molecule has 0 radical (unpaired) electrons. The number of nitrogens with zero attached hydrogens (tertiary/aromatic N) is 1. The van der Waals surface area contributed by atoms with Crippen LogP contribution in [-0.4, -0.2) is 34.5 Å². The Bertz CT molecular complexity index is 601. The Hall–Kier alpha value is -1.45. The third-order valence-electron chi connectivity index (χ3n) is 4.16. The molecule has 1 unspecified atom stereocenters. The lowest BCUT2D eigenvalue weighted by Gasteiger charge is -2.28. The van der Waals surface area contributed by atoms with Gasteiger partial charge in [0, 0.05) is 10.1 Å². The molecule has 2 aromatic rings. The van der Waals surface area contributed by atoms with Gasteiger partial charge in [-0.1, -0.05) is 42.5 Å². The van der Waals surface area contributed by atoms with E-state index >= 15 is 0 Å². The van der Waals surface area contributed by atoms with Gasteiger partial charge in [0.25, 0.3) is 0 Å². The van der Waals surface area contributed by atoms with Crippen LogP contribution in [0.1, 0.15) is 12.8 Å². The van der Waals surface area contributed by atoms with E-state index in [-0.39, 0.29) is 0 Å². The predicted molar refractivity (Wildman–Crippen MR) is 88.8 cm³/mol. The van der Waals surface area contributed by atoms with Crippen molar-refractivity contribution >= 4 is 10.8 Å². The molecule has 2 nitrogen and oxygen atoms in total. The minimum atomic E-state index is -0.876. The first kappa shape index (κ1) is 14.5. The van der Waals surface area contributed by atoms with E-state index in [1.54, 1.807) is 0 Å². The molecule has 21 heavy (non-hydrogen) atoms. The van der Waals surface area contributed by atoms with Gasteiger partial charge in [-0.25, -0.2) is 0 Å². The lowest BCUT2D eigenvalue weighted by atomic mass is 10.1. The van der Waals surface area contributed by atoms with Crippen molar-refractivity contribution in [2.45, 2.75) is 23.0 Å². The van der Waals surface area contributed by atoms with Gasteiger partial charge in [-0.15, -0.1) is 0 Å². The van der Waals surface area contributed by atoms with Crippen molar-refractivity contribution in [1.29, 1.82) is 0 Å². The highest BCUT2D eigenvalue weighted by atomic mass is 32.2. The van der Waals surface area contributed by atoms with Crippen LogP contribution >= 0.6 is 0 Å². The predicted octanol–water partition coefficient (Wildman–Crippen LogP) is 3.56. The van der Waals surface area contributed by atoms with Crippen molar-refractivity contribution in [3.8, 4) is 11.1 Å². The smallest absolute Gasteiger partial charge is 0.0561 e. The number of rotatable bonds is 3. The molecule has 0 bridgehead atoms. The van der Waals surface area contributed by atoms with Crippen LogP contribution in [0.3, 0.4) is 0 Å². The van der Waals surface area contributed by atoms with E-state index in [1.165, 1.54) is 11.1 Å². The number of likely N-dealkylation sites (tertiary alicyclic amines) is 1. The van der Waals surface area contributed by atoms with E-state index < -0.39 is 10.8 Å². The second-order valence-corrected chi connectivity index (χ2v) is 7.42. The lowest BCUT2D eigenvalue weighted by Crippen LogP contribution is -2.34. The Morgan fingerprint density at radius 3 is 2.10 bits per heavy atom. The molecule has 1 aliphatic heterocycles. The molecule has 1 fully saturated rings. The standard InChI is InChI=1S/C18H21NOS/c1-19-13-11-18(12-14-19)21(20)17-9-7-16(8-10-17)15-5-3-2-4-6-15/h2-10,18H,11-14H2,1H3. The first-order chi connectivity index (χ1) is 10.2. The molecule has 0 aliphatic carbocycles. The van der Waals surface area contributed by atoms with Crippen molar-refractivity contribution in [2.75, 3.05) is 20.1 Å². The first-order valence-electron chi connectivity index (χ1n) is 7.48. The third kappa shape index (κ3) is 3.42. The van der Waals surface area contributed by atoms with Gasteiger partial charge >= 0.3 is 0 Å². The minimum Gasteiger partial charge on any atom is -0.306 e. The van der Waals surface area contributed by atoms with Gasteiger partial charge in [0.15, 0.2) is 0 Å². The molecule has 0 aromatic heterocycles. The van der Waals surface area contributed by atoms with Crippen LogP contribution < -0.4 is 0 Å². The minimum absolute atomic E-state index is 0.309. The van der Waals surface area contributed by atoms with Crippen molar-refractivity contribution in [2.24, 2.45) is 0 Å². The van der Waals surface area contributed by atoms with Crippen molar-refractivity contribution in [3.05, 3.63) is 54.6 Å². The lowest BCUT2D eigenvalue weighted by molar-refractivity contribution is 0.280. The summed E-state index contributed by atoms with van der Waals surface area (Å²) in [5, 5.41) is 0.309. The van der Waals surface area contributed by atoms with E-state index in [9.17, 15) is 4.21 Å². The molecule has 110 valence electrons. The maximum atomic E-state index is 12.6. The highest BCUT2D eigenvalue weighted by Gasteiger charge is 2.23. The number of hydrogen-bond donors (Lipinski definition) is 0. The first-order valence-corrected chi connectivity index (χ1v) is 8.70. The van der Waals surface area contributed by atoms with Gasteiger partial charge in [0.05, 0.1) is 10.8 Å². The third-order valence-corrected chi connectivity index (χ3v) is 5.98. The number of piperidine rings is 1. The summed E-state index contributed by atoms with van der Waals surface area (Å²) in [7, 11) is 1.26. The zero-order valence-electron chi connectivity index (χ0n) is 12.4. The number of hydrogen-bond acceptors (Lipinski definition) is 2. The summed E-state index contributed by atoms with van der Waals surface area (Å²) >= 11 is 0. The van der Waals surface area contributed by atoms with E-state index in [2.05, 4.69) is 36.2 Å². The average molecular weight is 299 g/mol. The molecular weight excluding hydrogens is 278 g/mol. The van der Waals surface area contributed by atoms with Crippen molar-refractivity contribution < 1.29 is 4.21 Å². The molecule has 0 saturated carbocycles. The van der Waals surface area contributed by atoms with E-state index in [1.807, 2.05) is 30.3 Å². The van der Waals surface area contributed by atoms with Crippen LogP contribution in [0.15, 0.2) is 59.5 Å². The summed E-state index contributed by atoms with van der Waals surface area (Å²) < 4.78 is 12.6. The molecular formula is C18H21NOS. The molecule has 0 amide bonds. The summed E-state index contributed by atoms with van der Waals surface area (Å²) in [6.07, 6.45) is 2.06. The van der Waals surface area contributed by atoms with Crippen LogP contribution in [0.4, 0.5) is 0 Å². The molecule has 2 aromatic carbocycles. The SMILES string of the molecule is CN1CCC(S(=O)c2ccc(-c3ccccc3)cc2)CC1. The Morgan fingerprint density at radius 1 is 0.905 bits per heavy atom. The number of benzene rings is 2. The second-order valence-electron chi connectivity index (χ2n) is 5.69. The molecule has 1 saturated heterocycles. The summed E-state index contributed by atoms with van der Waals surface area (Å²) in [4.78, 5) is 3.27. The maximum Gasteiger partial charge on any atom is 0.0561 e. The van der Waals surface area contributed by atoms with Gasteiger partial charge < -0.3 is 4.90 Å². The maximum absolute atomic E-state index is 12.6. The highest BCUT2D eigenvalue weighted by molar-refractivity contribution is 7.85. The van der Waals surface area contributed by atoms with Gasteiger partial charge in [-0.3, -0.25) is 4.21 Å². The zero-order chi connectivity index (χ0) is 14.7. The second kappa shape index (κ2) is 6.54. The van der Waals surface area contributed by atoms with E-state index in [0.717, 1.165) is 30.8 Å². The van der Waals surface area contributed by atoms with Gasteiger partial charge in [0.2, 0.25) is 0 Å². The largest absolute Gasteiger partial charge is 0.306 e. The van der Waals surface area contributed by atoms with E-state index in [0.29, 0.717) is 5.25 Å². The van der Waals surface area contributed by atoms with Gasteiger partial charge in [-0.2, -0.15) is 0 Å². The monoisotopic (exact) mass is 299 g/mol. The fourth-order valence-electron chi connectivity index (χ4n) is 2.80. The van der Waals surface area contributed by atoms with Gasteiger partial charge in [-0.05, 0) is 56.2 Å². The quantitative estimate of drug-likeness (QED) is 0.864. The summed E-state index contributed by atoms with van der Waals surface area (Å²) in [6, 6.07) is 18.5. The summed E-state index contributed by atoms with van der Waals surface area (Å²) in [5.41, 5.74) is 2.38. The molecule has 1 heterocycles. The summed E-state index contributed by atoms with van der Waals surface area (Å²) in [6.45, 7) is 2.11. The summed E-state index contributed by atoms with van der Waals surface area (Å²) in [5.74, 6) is 0. The van der Waals surface area contributed by atoms with Crippen LogP contribution in [0.2, 0.25) is 0 Å². The average Bonchev–Trinajstić information content (AvgIpc) is 2.56. The molecule has 1 aliphatic rings. The Morgan fingerprint density at radius 2 is 1.48 bits per heavy atom. The van der Waals surface area contributed by atoms with Crippen LogP contribution in [0.5, 0.6) is 0 Å². The van der Waals surface area contributed by atoms with Crippen molar-refractivity contribution in [1.82, 2.24) is 4.90 Å². The molecule has 1 atom stereocenters. The van der Waals surface area contributed by atoms with Crippen LogP contribution in [0.25, 0.3) is 11.1 Å². The molecule has 0 N–H and O–H groups in total. The normalized spacial score (nSPS) is 18.5. The van der Waals surface area contributed by atoms with Crippen LogP contribution in [0, 0.1) is 0 Å². The topological polar surface area (TPSA) is 20.3 Å². The zero-order valence-corrected chi connectivity index (χ0v) is 13.2. The van der Waals surface area contributed by atoms with Crippen molar-refractivity contribution in [3.63, 3.8) is 0 Å².